The van der Waals surface area contributed by atoms with Crippen LogP contribution in [0.3, 0.4) is 0 Å². The monoisotopic (exact) mass is 270 g/mol. The van der Waals surface area contributed by atoms with Gasteiger partial charge in [-0.15, -0.1) is 5.10 Å². The van der Waals surface area contributed by atoms with E-state index < -0.39 is 11.2 Å². The first-order valence-electron chi connectivity index (χ1n) is 6.39. The van der Waals surface area contributed by atoms with E-state index in [1.54, 1.807) is 0 Å². The third-order valence-electron chi connectivity index (χ3n) is 2.53. The highest BCUT2D eigenvalue weighted by molar-refractivity contribution is 5.29. The van der Waals surface area contributed by atoms with Crippen molar-refractivity contribution >= 4 is 5.82 Å². The summed E-state index contributed by atoms with van der Waals surface area (Å²) < 4.78 is 7.60. The van der Waals surface area contributed by atoms with E-state index in [9.17, 15) is 9.59 Å². The van der Waals surface area contributed by atoms with Crippen molar-refractivity contribution in [3.63, 3.8) is 0 Å². The number of anilines is 1. The van der Waals surface area contributed by atoms with Crippen LogP contribution in [0.5, 0.6) is 0 Å². The molecule has 0 bridgehead atoms. The first-order chi connectivity index (χ1) is 8.93. The minimum absolute atomic E-state index is 0.188. The molecule has 1 aromatic rings. The number of nitrogens with one attached hydrogen (secondary N) is 1. The Morgan fingerprint density at radius 2 is 2.00 bits per heavy atom. The van der Waals surface area contributed by atoms with Crippen LogP contribution in [0, 0.1) is 5.92 Å². The van der Waals surface area contributed by atoms with Crippen molar-refractivity contribution in [2.24, 2.45) is 20.0 Å². The van der Waals surface area contributed by atoms with E-state index in [1.165, 1.54) is 14.1 Å². The van der Waals surface area contributed by atoms with Crippen LogP contribution in [0.1, 0.15) is 20.3 Å². The summed E-state index contributed by atoms with van der Waals surface area (Å²) in [4.78, 5) is 23.2. The van der Waals surface area contributed by atoms with Crippen LogP contribution in [0.4, 0.5) is 5.82 Å². The van der Waals surface area contributed by atoms with E-state index in [-0.39, 0.29) is 5.82 Å². The maximum absolute atomic E-state index is 11.7. The zero-order valence-corrected chi connectivity index (χ0v) is 12.0. The molecule has 0 unspecified atom stereocenters. The van der Waals surface area contributed by atoms with Gasteiger partial charge in [-0.2, -0.15) is 0 Å². The molecule has 1 N–H and O–H groups in total. The fourth-order valence-electron chi connectivity index (χ4n) is 1.51. The summed E-state index contributed by atoms with van der Waals surface area (Å²) in [6.45, 7) is 6.14. The second kappa shape index (κ2) is 7.08. The topological polar surface area (TPSA) is 78.2 Å². The van der Waals surface area contributed by atoms with Crippen LogP contribution in [0.25, 0.3) is 0 Å². The standard InChI is InChI=1S/C12H22N4O3/c1-9(2)8-19-7-5-6-13-10-11(17)15(3)12(18)16(4)14-10/h9H,5-8H2,1-4H3,(H,13,14). The second-order valence-corrected chi connectivity index (χ2v) is 4.87. The van der Waals surface area contributed by atoms with Crippen LogP contribution in [-0.2, 0) is 18.8 Å². The Bertz CT molecular complexity index is 519. The number of rotatable bonds is 7. The SMILES string of the molecule is CC(C)COCCCNc1nn(C)c(=O)n(C)c1=O. The Hall–Kier alpha value is -1.63. The fourth-order valence-corrected chi connectivity index (χ4v) is 1.51. The van der Waals surface area contributed by atoms with Gasteiger partial charge in [-0.05, 0) is 12.3 Å². The van der Waals surface area contributed by atoms with Crippen LogP contribution in [-0.4, -0.2) is 34.1 Å². The third-order valence-corrected chi connectivity index (χ3v) is 2.53. The zero-order chi connectivity index (χ0) is 14.4. The van der Waals surface area contributed by atoms with Gasteiger partial charge in [-0.3, -0.25) is 9.36 Å². The van der Waals surface area contributed by atoms with Gasteiger partial charge in [-0.25, -0.2) is 9.48 Å². The summed E-state index contributed by atoms with van der Waals surface area (Å²) in [5.41, 5.74) is -0.845. The molecule has 0 saturated heterocycles. The third kappa shape index (κ3) is 4.51. The molecule has 1 rings (SSSR count). The second-order valence-electron chi connectivity index (χ2n) is 4.87. The van der Waals surface area contributed by atoms with Gasteiger partial charge >= 0.3 is 5.69 Å². The normalized spacial score (nSPS) is 11.0. The molecule has 1 heterocycles. The minimum atomic E-state index is -0.434. The molecule has 0 aliphatic carbocycles. The number of ether oxygens (including phenoxy) is 1. The predicted molar refractivity (Wildman–Crippen MR) is 73.5 cm³/mol. The van der Waals surface area contributed by atoms with Gasteiger partial charge in [0.1, 0.15) is 0 Å². The van der Waals surface area contributed by atoms with E-state index >= 15 is 0 Å². The molecule has 0 aliphatic heterocycles. The number of hydrogen-bond acceptors (Lipinski definition) is 5. The lowest BCUT2D eigenvalue weighted by atomic mass is 10.2. The number of hydrogen-bond donors (Lipinski definition) is 1. The van der Waals surface area contributed by atoms with Crippen molar-refractivity contribution in [3.8, 4) is 0 Å². The van der Waals surface area contributed by atoms with Crippen LogP contribution in [0.15, 0.2) is 9.59 Å². The van der Waals surface area contributed by atoms with Crippen molar-refractivity contribution in [1.29, 1.82) is 0 Å². The van der Waals surface area contributed by atoms with E-state index in [0.717, 1.165) is 22.3 Å². The summed E-state index contributed by atoms with van der Waals surface area (Å²) in [6.07, 6.45) is 0.778. The number of nitrogens with zero attached hydrogens (tertiary/aromatic N) is 3. The van der Waals surface area contributed by atoms with Gasteiger partial charge < -0.3 is 10.1 Å². The summed E-state index contributed by atoms with van der Waals surface area (Å²) >= 11 is 0. The van der Waals surface area contributed by atoms with Crippen molar-refractivity contribution < 1.29 is 4.74 Å². The summed E-state index contributed by atoms with van der Waals surface area (Å²) in [5.74, 6) is 0.707. The molecule has 0 fully saturated rings. The first kappa shape index (κ1) is 15.4. The number of aryl methyl sites for hydroxylation is 1. The number of aromatic nitrogens is 3. The van der Waals surface area contributed by atoms with Gasteiger partial charge in [0.25, 0.3) is 5.56 Å². The average molecular weight is 270 g/mol. The van der Waals surface area contributed by atoms with Crippen LogP contribution >= 0.6 is 0 Å². The average Bonchev–Trinajstić information content (AvgIpc) is 2.36. The van der Waals surface area contributed by atoms with Gasteiger partial charge in [0.15, 0.2) is 0 Å². The Morgan fingerprint density at radius 1 is 1.32 bits per heavy atom. The predicted octanol–water partition coefficient (Wildman–Crippen LogP) is -0.0464. The Labute approximate surface area is 112 Å². The molecule has 7 nitrogen and oxygen atoms in total. The molecule has 7 heteroatoms. The molecule has 0 saturated carbocycles. The molecule has 1 aromatic heterocycles. The van der Waals surface area contributed by atoms with E-state index in [0.29, 0.717) is 19.1 Å². The largest absolute Gasteiger partial charge is 0.381 e. The maximum atomic E-state index is 11.7. The fraction of sp³-hybridized carbons (Fsp3) is 0.750. The molecule has 108 valence electrons. The van der Waals surface area contributed by atoms with Gasteiger partial charge in [0.05, 0.1) is 0 Å². The summed E-state index contributed by atoms with van der Waals surface area (Å²) in [7, 11) is 2.95. The molecule has 0 aliphatic rings. The Morgan fingerprint density at radius 3 is 2.63 bits per heavy atom. The van der Waals surface area contributed by atoms with E-state index in [4.69, 9.17) is 4.74 Å². The zero-order valence-electron chi connectivity index (χ0n) is 12.0. The van der Waals surface area contributed by atoms with Crippen molar-refractivity contribution in [3.05, 3.63) is 20.8 Å². The van der Waals surface area contributed by atoms with Crippen LogP contribution in [0.2, 0.25) is 0 Å². The van der Waals surface area contributed by atoms with Gasteiger partial charge in [0, 0.05) is 33.9 Å². The van der Waals surface area contributed by atoms with Crippen molar-refractivity contribution in [2.75, 3.05) is 25.1 Å². The van der Waals surface area contributed by atoms with E-state index in [1.807, 2.05) is 0 Å². The van der Waals surface area contributed by atoms with E-state index in [2.05, 4.69) is 24.3 Å². The maximum Gasteiger partial charge on any atom is 0.346 e. The molecule has 0 atom stereocenters. The molecule has 0 amide bonds. The molecular formula is C12H22N4O3. The van der Waals surface area contributed by atoms with Gasteiger partial charge in [-0.1, -0.05) is 13.8 Å². The molecule has 0 radical (unpaired) electrons. The summed E-state index contributed by atoms with van der Waals surface area (Å²) in [5, 5.41) is 6.82. The lowest BCUT2D eigenvalue weighted by Crippen LogP contribution is -2.40. The van der Waals surface area contributed by atoms with Crippen molar-refractivity contribution in [2.45, 2.75) is 20.3 Å². The minimum Gasteiger partial charge on any atom is -0.381 e. The summed E-state index contributed by atoms with van der Waals surface area (Å²) in [6, 6.07) is 0. The molecular weight excluding hydrogens is 248 g/mol. The Balaban J connectivity index is 2.47. The quantitative estimate of drug-likeness (QED) is 0.703. The highest BCUT2D eigenvalue weighted by atomic mass is 16.5. The molecule has 0 spiro atoms. The highest BCUT2D eigenvalue weighted by Crippen LogP contribution is 1.94. The van der Waals surface area contributed by atoms with Gasteiger partial charge in [0.2, 0.25) is 5.82 Å². The molecule has 0 aromatic carbocycles. The lowest BCUT2D eigenvalue weighted by molar-refractivity contribution is 0.110. The van der Waals surface area contributed by atoms with Crippen molar-refractivity contribution in [1.82, 2.24) is 14.3 Å². The van der Waals surface area contributed by atoms with Crippen LogP contribution < -0.4 is 16.6 Å². The first-order valence-corrected chi connectivity index (χ1v) is 6.39. The Kier molecular flexibility index (Phi) is 5.75. The smallest absolute Gasteiger partial charge is 0.346 e. The molecule has 19 heavy (non-hydrogen) atoms. The highest BCUT2D eigenvalue weighted by Gasteiger charge is 2.07. The lowest BCUT2D eigenvalue weighted by Gasteiger charge is -2.09.